The molecule has 28 heavy (non-hydrogen) atoms. The predicted octanol–water partition coefficient (Wildman–Crippen LogP) is 3.67. The molecular formula is C20H21FN4O3. The molecule has 1 amide bonds. The number of aromatic nitrogens is 3. The van der Waals surface area contributed by atoms with E-state index in [9.17, 15) is 14.0 Å². The first-order valence-electron chi connectivity index (χ1n) is 9.49. The molecular weight excluding hydrogens is 363 g/mol. The van der Waals surface area contributed by atoms with Crippen molar-refractivity contribution in [3.8, 4) is 0 Å². The molecule has 3 aromatic rings. The maximum Gasteiger partial charge on any atom is 0.262 e. The van der Waals surface area contributed by atoms with Gasteiger partial charge in [-0.05, 0) is 30.5 Å². The molecule has 8 heteroatoms. The van der Waals surface area contributed by atoms with Gasteiger partial charge in [0.2, 0.25) is 5.91 Å². The molecule has 2 heterocycles. The summed E-state index contributed by atoms with van der Waals surface area (Å²) >= 11 is 0. The number of benzene rings is 1. The van der Waals surface area contributed by atoms with Crippen LogP contribution in [0.5, 0.6) is 0 Å². The van der Waals surface area contributed by atoms with Crippen molar-refractivity contribution in [2.24, 2.45) is 5.92 Å². The number of nitrogens with one attached hydrogen (secondary N) is 1. The summed E-state index contributed by atoms with van der Waals surface area (Å²) in [5, 5.41) is 6.55. The summed E-state index contributed by atoms with van der Waals surface area (Å²) in [6.07, 6.45) is 8.75. The maximum atomic E-state index is 13.7. The van der Waals surface area contributed by atoms with Crippen molar-refractivity contribution in [3.05, 3.63) is 53.0 Å². The Morgan fingerprint density at radius 3 is 2.86 bits per heavy atom. The van der Waals surface area contributed by atoms with E-state index >= 15 is 0 Å². The molecule has 1 atom stereocenters. The van der Waals surface area contributed by atoms with Gasteiger partial charge in [0.25, 0.3) is 5.56 Å². The molecule has 1 aliphatic rings. The van der Waals surface area contributed by atoms with Crippen molar-refractivity contribution in [2.45, 2.75) is 44.6 Å². The minimum Gasteiger partial charge on any atom is -0.363 e. The van der Waals surface area contributed by atoms with E-state index in [2.05, 4.69) is 15.5 Å². The van der Waals surface area contributed by atoms with Crippen LogP contribution in [0.4, 0.5) is 10.2 Å². The molecule has 146 valence electrons. The van der Waals surface area contributed by atoms with Crippen molar-refractivity contribution < 1.29 is 13.7 Å². The first-order valence-corrected chi connectivity index (χ1v) is 9.49. The van der Waals surface area contributed by atoms with E-state index in [1.165, 1.54) is 41.8 Å². The largest absolute Gasteiger partial charge is 0.363 e. The van der Waals surface area contributed by atoms with Gasteiger partial charge in [-0.3, -0.25) is 14.2 Å². The summed E-state index contributed by atoms with van der Waals surface area (Å²) in [6.45, 7) is 0. The number of rotatable bonds is 5. The number of amides is 1. The second kappa shape index (κ2) is 7.92. The van der Waals surface area contributed by atoms with Gasteiger partial charge < -0.3 is 9.84 Å². The number of carbonyl (C=O) groups excluding carboxylic acids is 1. The van der Waals surface area contributed by atoms with Crippen LogP contribution in [0.25, 0.3) is 10.9 Å². The first kappa shape index (κ1) is 18.3. The minimum atomic E-state index is -0.757. The topological polar surface area (TPSA) is 90.0 Å². The summed E-state index contributed by atoms with van der Waals surface area (Å²) in [4.78, 5) is 30.3. The lowest BCUT2D eigenvalue weighted by molar-refractivity contribution is -0.120. The number of fused-ring (bicyclic) bond motifs is 1. The molecule has 0 radical (unpaired) electrons. The van der Waals surface area contributed by atoms with Crippen molar-refractivity contribution in [1.82, 2.24) is 14.7 Å². The second-order valence-electron chi connectivity index (χ2n) is 7.25. The Bertz CT molecular complexity index is 1030. The highest BCUT2D eigenvalue weighted by Gasteiger charge is 2.28. The van der Waals surface area contributed by atoms with Crippen LogP contribution in [-0.2, 0) is 4.79 Å². The highest BCUT2D eigenvalue weighted by atomic mass is 19.1. The molecule has 0 aliphatic heterocycles. The van der Waals surface area contributed by atoms with Crippen LogP contribution in [0.3, 0.4) is 0 Å². The zero-order valence-electron chi connectivity index (χ0n) is 15.3. The fourth-order valence-electron chi connectivity index (χ4n) is 3.90. The Labute approximate surface area is 160 Å². The van der Waals surface area contributed by atoms with Crippen LogP contribution >= 0.6 is 0 Å². The zero-order valence-corrected chi connectivity index (χ0v) is 15.3. The van der Waals surface area contributed by atoms with Crippen molar-refractivity contribution in [2.75, 3.05) is 5.32 Å². The number of hydrogen-bond donors (Lipinski definition) is 1. The van der Waals surface area contributed by atoms with Gasteiger partial charge in [-0.25, -0.2) is 9.37 Å². The van der Waals surface area contributed by atoms with E-state index in [4.69, 9.17) is 4.52 Å². The molecule has 0 spiro atoms. The SMILES string of the molecule is O=C(Nc1ccon1)C(CC1CCCCC1)n1cnc2ccc(F)cc2c1=O. The monoisotopic (exact) mass is 384 g/mol. The van der Waals surface area contributed by atoms with Crippen molar-refractivity contribution in [3.63, 3.8) is 0 Å². The van der Waals surface area contributed by atoms with Crippen molar-refractivity contribution in [1.29, 1.82) is 0 Å². The van der Waals surface area contributed by atoms with Gasteiger partial charge in [-0.1, -0.05) is 37.3 Å². The van der Waals surface area contributed by atoms with Gasteiger partial charge in [-0.15, -0.1) is 0 Å². The fourth-order valence-corrected chi connectivity index (χ4v) is 3.90. The molecule has 1 aliphatic carbocycles. The van der Waals surface area contributed by atoms with Gasteiger partial charge >= 0.3 is 0 Å². The molecule has 0 saturated heterocycles. The van der Waals surface area contributed by atoms with Crippen LogP contribution in [0.2, 0.25) is 0 Å². The van der Waals surface area contributed by atoms with Crippen LogP contribution in [0, 0.1) is 11.7 Å². The molecule has 1 saturated carbocycles. The molecule has 1 aromatic carbocycles. The summed E-state index contributed by atoms with van der Waals surface area (Å²) in [5.74, 6) is -0.248. The molecule has 2 aromatic heterocycles. The third-order valence-corrected chi connectivity index (χ3v) is 5.35. The third kappa shape index (κ3) is 3.81. The van der Waals surface area contributed by atoms with E-state index in [-0.39, 0.29) is 17.1 Å². The lowest BCUT2D eigenvalue weighted by Gasteiger charge is -2.27. The highest BCUT2D eigenvalue weighted by molar-refractivity contribution is 5.93. The molecule has 1 unspecified atom stereocenters. The molecule has 1 fully saturated rings. The van der Waals surface area contributed by atoms with Crippen LogP contribution in [0.15, 0.2) is 46.2 Å². The number of anilines is 1. The smallest absolute Gasteiger partial charge is 0.262 e. The summed E-state index contributed by atoms with van der Waals surface area (Å²) in [7, 11) is 0. The number of carbonyl (C=O) groups is 1. The number of nitrogens with zero attached hydrogens (tertiary/aromatic N) is 3. The lowest BCUT2D eigenvalue weighted by Crippen LogP contribution is -2.35. The van der Waals surface area contributed by atoms with E-state index < -0.39 is 17.4 Å². The quantitative estimate of drug-likeness (QED) is 0.725. The molecule has 1 N–H and O–H groups in total. The normalized spacial score (nSPS) is 16.2. The zero-order chi connectivity index (χ0) is 19.5. The van der Waals surface area contributed by atoms with Gasteiger partial charge in [-0.2, -0.15) is 0 Å². The number of hydrogen-bond acceptors (Lipinski definition) is 5. The Morgan fingerprint density at radius 1 is 1.29 bits per heavy atom. The average Bonchev–Trinajstić information content (AvgIpc) is 3.21. The predicted molar refractivity (Wildman–Crippen MR) is 101 cm³/mol. The fraction of sp³-hybridized carbons (Fsp3) is 0.400. The Balaban J connectivity index is 1.71. The number of halogens is 1. The van der Waals surface area contributed by atoms with E-state index in [0.717, 1.165) is 31.7 Å². The van der Waals surface area contributed by atoms with Crippen LogP contribution in [-0.4, -0.2) is 20.6 Å². The van der Waals surface area contributed by atoms with Crippen LogP contribution < -0.4 is 10.9 Å². The van der Waals surface area contributed by atoms with E-state index in [1.807, 2.05) is 0 Å². The van der Waals surface area contributed by atoms with Gasteiger partial charge in [0.1, 0.15) is 18.1 Å². The maximum absolute atomic E-state index is 13.7. The Morgan fingerprint density at radius 2 is 2.11 bits per heavy atom. The standard InChI is InChI=1S/C20H21FN4O3/c21-14-6-7-16-15(11-14)20(27)25(12-22-16)17(10-13-4-2-1-3-5-13)19(26)23-18-8-9-28-24-18/h6-9,11-13,17H,1-5,10H2,(H,23,24,26). The Kier molecular flexibility index (Phi) is 5.18. The summed E-state index contributed by atoms with van der Waals surface area (Å²) in [5.41, 5.74) is -0.0309. The first-order chi connectivity index (χ1) is 13.6. The van der Waals surface area contributed by atoms with Gasteiger partial charge in [0.15, 0.2) is 5.82 Å². The van der Waals surface area contributed by atoms with E-state index in [0.29, 0.717) is 17.9 Å². The molecule has 0 bridgehead atoms. The van der Waals surface area contributed by atoms with Gasteiger partial charge in [0.05, 0.1) is 17.2 Å². The summed E-state index contributed by atoms with van der Waals surface area (Å²) in [6, 6.07) is 4.66. The average molecular weight is 384 g/mol. The van der Waals surface area contributed by atoms with Crippen molar-refractivity contribution >= 4 is 22.6 Å². The van der Waals surface area contributed by atoms with Gasteiger partial charge in [0, 0.05) is 6.07 Å². The molecule has 7 nitrogen and oxygen atoms in total. The van der Waals surface area contributed by atoms with Crippen LogP contribution in [0.1, 0.15) is 44.6 Å². The van der Waals surface area contributed by atoms with E-state index in [1.54, 1.807) is 0 Å². The lowest BCUT2D eigenvalue weighted by atomic mass is 9.84. The Hall–Kier alpha value is -3.03. The summed E-state index contributed by atoms with van der Waals surface area (Å²) < 4.78 is 19.7. The third-order valence-electron chi connectivity index (χ3n) is 5.35. The second-order valence-corrected chi connectivity index (χ2v) is 7.25. The molecule has 4 rings (SSSR count). The minimum absolute atomic E-state index is 0.158. The highest BCUT2D eigenvalue weighted by Crippen LogP contribution is 2.31.